The summed E-state index contributed by atoms with van der Waals surface area (Å²) in [6.45, 7) is 8.65. The SMILES string of the molecule is C[C@@H]1CC[C@]2(OC1)O[C@@H]1C[C@H]3[C@@H]4CC=C5C[C@H](O[C@@H]6O[C@H](CO)[C@@H](O[C@@H]7O[C@@H](CO)[C@H](O)[C@H]7O)[C@H](O)[C@H]6O)CC[C@]5(C)[C@H]4CC[C@]3(C)[C@@]1(O)[C@@H]2C. The van der Waals surface area contributed by atoms with Crippen LogP contribution in [0.4, 0.5) is 0 Å². The first-order valence-corrected chi connectivity index (χ1v) is 19.5. The molecule has 13 heteroatoms. The van der Waals surface area contributed by atoms with Crippen LogP contribution in [0.2, 0.25) is 0 Å². The van der Waals surface area contributed by atoms with Crippen LogP contribution in [0.25, 0.3) is 0 Å². The van der Waals surface area contributed by atoms with Gasteiger partial charge in [-0.15, -0.1) is 0 Å². The zero-order chi connectivity index (χ0) is 36.2. The molecule has 0 amide bonds. The minimum atomic E-state index is -1.54. The molecule has 20 atom stereocenters. The van der Waals surface area contributed by atoms with Gasteiger partial charge in [0.05, 0.1) is 32.0 Å². The zero-order valence-electron chi connectivity index (χ0n) is 30.4. The Morgan fingerprint density at radius 1 is 0.824 bits per heavy atom. The highest BCUT2D eigenvalue weighted by molar-refractivity contribution is 5.29. The van der Waals surface area contributed by atoms with Gasteiger partial charge in [0.15, 0.2) is 18.4 Å². The van der Waals surface area contributed by atoms with Crippen LogP contribution in [-0.4, -0.2) is 134 Å². The normalized spacial score (nSPS) is 58.1. The molecule has 1 spiro atoms. The highest BCUT2D eigenvalue weighted by atomic mass is 16.7. The molecule has 0 unspecified atom stereocenters. The molecule has 4 saturated heterocycles. The lowest BCUT2D eigenvalue weighted by molar-refractivity contribution is -0.337. The summed E-state index contributed by atoms with van der Waals surface area (Å²) < 4.78 is 36.6. The number of allylic oxidation sites excluding steroid dienone is 1. The van der Waals surface area contributed by atoms with Gasteiger partial charge in [-0.1, -0.05) is 39.3 Å². The molecule has 7 N–H and O–H groups in total. The third kappa shape index (κ3) is 5.43. The minimum absolute atomic E-state index is 0.0159. The Labute approximate surface area is 300 Å². The highest BCUT2D eigenvalue weighted by Gasteiger charge is 2.76. The maximum Gasteiger partial charge on any atom is 0.187 e. The molecule has 0 aromatic heterocycles. The average Bonchev–Trinajstić information content (AvgIpc) is 3.61. The quantitative estimate of drug-likeness (QED) is 0.193. The summed E-state index contributed by atoms with van der Waals surface area (Å²) in [5, 5.41) is 74.8. The van der Waals surface area contributed by atoms with Gasteiger partial charge in [-0.2, -0.15) is 0 Å². The average molecular weight is 725 g/mol. The van der Waals surface area contributed by atoms with Gasteiger partial charge < -0.3 is 64.2 Å². The maximum atomic E-state index is 12.7. The van der Waals surface area contributed by atoms with Crippen LogP contribution in [0, 0.1) is 40.4 Å². The van der Waals surface area contributed by atoms with Gasteiger partial charge in [-0.3, -0.25) is 0 Å². The number of hydrogen-bond acceptors (Lipinski definition) is 13. The number of aliphatic hydroxyl groups is 7. The number of aliphatic hydroxyl groups excluding tert-OH is 6. The van der Waals surface area contributed by atoms with Gasteiger partial charge in [-0.05, 0) is 80.5 Å². The van der Waals surface area contributed by atoms with E-state index in [1.165, 1.54) is 5.57 Å². The lowest BCUT2D eigenvalue weighted by atomic mass is 9.46. The molecule has 4 aliphatic carbocycles. The predicted octanol–water partition coefficient (Wildman–Crippen LogP) is 1.12. The lowest BCUT2D eigenvalue weighted by Gasteiger charge is -2.60. The van der Waals surface area contributed by atoms with Crippen LogP contribution < -0.4 is 0 Å². The first-order valence-electron chi connectivity index (χ1n) is 19.5. The summed E-state index contributed by atoms with van der Waals surface area (Å²) in [6, 6.07) is 0. The molecule has 0 aromatic rings. The smallest absolute Gasteiger partial charge is 0.187 e. The molecular weight excluding hydrogens is 664 g/mol. The van der Waals surface area contributed by atoms with E-state index in [4.69, 9.17) is 28.4 Å². The second kappa shape index (κ2) is 13.2. The van der Waals surface area contributed by atoms with Crippen LogP contribution in [0.3, 0.4) is 0 Å². The number of rotatable bonds is 6. The summed E-state index contributed by atoms with van der Waals surface area (Å²) in [7, 11) is 0. The molecule has 4 aliphatic heterocycles. The Balaban J connectivity index is 0.929. The molecule has 13 nitrogen and oxygen atoms in total. The van der Waals surface area contributed by atoms with Gasteiger partial charge >= 0.3 is 0 Å². The highest BCUT2D eigenvalue weighted by Crippen LogP contribution is 2.72. The summed E-state index contributed by atoms with van der Waals surface area (Å²) in [5.74, 6) is 1.00. The largest absolute Gasteiger partial charge is 0.394 e. The molecule has 0 bridgehead atoms. The first kappa shape index (κ1) is 37.2. The van der Waals surface area contributed by atoms with E-state index in [0.29, 0.717) is 36.7 Å². The Kier molecular flexibility index (Phi) is 9.60. The van der Waals surface area contributed by atoms with E-state index in [2.05, 4.69) is 33.8 Å². The van der Waals surface area contributed by atoms with E-state index < -0.39 is 79.9 Å². The molecule has 8 rings (SSSR count). The van der Waals surface area contributed by atoms with E-state index in [-0.39, 0.29) is 29.0 Å². The molecule has 7 fully saturated rings. The summed E-state index contributed by atoms with van der Waals surface area (Å²) >= 11 is 0. The van der Waals surface area contributed by atoms with Crippen LogP contribution in [0.5, 0.6) is 0 Å². The van der Waals surface area contributed by atoms with Crippen LogP contribution in [0.1, 0.15) is 85.5 Å². The lowest BCUT2D eigenvalue weighted by Crippen LogP contribution is -2.62. The molecular formula is C38H60O13. The van der Waals surface area contributed by atoms with Crippen molar-refractivity contribution in [2.45, 2.75) is 164 Å². The summed E-state index contributed by atoms with van der Waals surface area (Å²) in [4.78, 5) is 0. The Morgan fingerprint density at radius 2 is 1.53 bits per heavy atom. The fourth-order valence-corrected chi connectivity index (χ4v) is 12.3. The summed E-state index contributed by atoms with van der Waals surface area (Å²) in [5.41, 5.74) is 0.161. The number of ether oxygens (including phenoxy) is 6. The minimum Gasteiger partial charge on any atom is -0.394 e. The molecule has 3 saturated carbocycles. The standard InChI is InChI=1S/C38H60O13/c1-18-7-12-37(46-17-18)19(2)38(45)27(51-37)14-24-22-6-5-20-13-21(8-10-35(20,3)23(22)9-11-36(24,38)4)47-33-31(44)29(42)32(26(16-40)49-33)50-34-30(43)28(41)25(15-39)48-34/h5,18-19,21-34,39-45H,6-17H2,1-4H3/t18-,19-,21-,22-,23+,24+,25+,26-,27-,28+,29-,30-,31-,32-,33-,34+,35+,36+,37+,38-/m1/s1. The van der Waals surface area contributed by atoms with Crippen LogP contribution in [-0.2, 0) is 28.4 Å². The fraction of sp³-hybridized carbons (Fsp3) is 0.947. The van der Waals surface area contributed by atoms with Crippen molar-refractivity contribution in [3.8, 4) is 0 Å². The predicted molar refractivity (Wildman–Crippen MR) is 178 cm³/mol. The molecule has 4 heterocycles. The Morgan fingerprint density at radius 3 is 2.22 bits per heavy atom. The van der Waals surface area contributed by atoms with Crippen molar-refractivity contribution in [1.29, 1.82) is 0 Å². The second-order valence-corrected chi connectivity index (χ2v) is 17.9. The molecule has 8 aliphatic rings. The van der Waals surface area contributed by atoms with Crippen molar-refractivity contribution in [1.82, 2.24) is 0 Å². The van der Waals surface area contributed by atoms with Crippen molar-refractivity contribution in [2.75, 3.05) is 19.8 Å². The van der Waals surface area contributed by atoms with E-state index in [1.807, 2.05) is 0 Å². The van der Waals surface area contributed by atoms with Crippen LogP contribution >= 0.6 is 0 Å². The van der Waals surface area contributed by atoms with Gasteiger partial charge in [0.1, 0.15) is 48.3 Å². The van der Waals surface area contributed by atoms with Crippen molar-refractivity contribution >= 4 is 0 Å². The Bertz CT molecular complexity index is 1320. The fourth-order valence-electron chi connectivity index (χ4n) is 12.3. The van der Waals surface area contributed by atoms with Gasteiger partial charge in [0, 0.05) is 17.8 Å². The van der Waals surface area contributed by atoms with Gasteiger partial charge in [0.25, 0.3) is 0 Å². The topological polar surface area (TPSA) is 197 Å². The van der Waals surface area contributed by atoms with Crippen molar-refractivity contribution in [3.63, 3.8) is 0 Å². The molecule has 51 heavy (non-hydrogen) atoms. The van der Waals surface area contributed by atoms with E-state index >= 15 is 0 Å². The van der Waals surface area contributed by atoms with E-state index in [1.54, 1.807) is 0 Å². The van der Waals surface area contributed by atoms with Gasteiger partial charge in [0.2, 0.25) is 0 Å². The van der Waals surface area contributed by atoms with Gasteiger partial charge in [-0.25, -0.2) is 0 Å². The van der Waals surface area contributed by atoms with Crippen molar-refractivity contribution in [2.24, 2.45) is 40.4 Å². The summed E-state index contributed by atoms with van der Waals surface area (Å²) in [6.07, 6.45) is -2.17. The molecule has 290 valence electrons. The van der Waals surface area contributed by atoms with Crippen LogP contribution in [0.15, 0.2) is 11.6 Å². The maximum absolute atomic E-state index is 12.7. The second-order valence-electron chi connectivity index (χ2n) is 17.9. The van der Waals surface area contributed by atoms with E-state index in [0.717, 1.165) is 51.4 Å². The van der Waals surface area contributed by atoms with Crippen molar-refractivity contribution in [3.05, 3.63) is 11.6 Å². The number of hydrogen-bond donors (Lipinski definition) is 7. The third-order valence-electron chi connectivity index (χ3n) is 15.5. The Hall–Kier alpha value is -0.780. The zero-order valence-corrected chi connectivity index (χ0v) is 30.4. The van der Waals surface area contributed by atoms with Crippen molar-refractivity contribution < 1.29 is 64.2 Å². The molecule has 0 aromatic carbocycles. The first-order chi connectivity index (χ1) is 24.2. The molecule has 0 radical (unpaired) electrons. The monoisotopic (exact) mass is 724 g/mol. The van der Waals surface area contributed by atoms with E-state index in [9.17, 15) is 35.7 Å². The third-order valence-corrected chi connectivity index (χ3v) is 15.5. The number of fused-ring (bicyclic) bond motifs is 7.